The van der Waals surface area contributed by atoms with Crippen molar-refractivity contribution in [2.24, 2.45) is 0 Å². The van der Waals surface area contributed by atoms with E-state index in [0.29, 0.717) is 19.1 Å². The lowest BCUT2D eigenvalue weighted by atomic mass is 10.0. The monoisotopic (exact) mass is 285 g/mol. The summed E-state index contributed by atoms with van der Waals surface area (Å²) in [5.41, 5.74) is 3.32. The number of benzene rings is 1. The Morgan fingerprint density at radius 2 is 1.90 bits per heavy atom. The van der Waals surface area contributed by atoms with Crippen LogP contribution in [0.25, 0.3) is 0 Å². The topological polar surface area (TPSA) is 47.0 Å². The average Bonchev–Trinajstić information content (AvgIpc) is 2.48. The number of nitrogens with zero attached hydrogens (tertiary/aromatic N) is 2. The number of rotatable bonds is 6. The van der Waals surface area contributed by atoms with E-state index in [-0.39, 0.29) is 0 Å². The van der Waals surface area contributed by atoms with Crippen LogP contribution in [0, 0.1) is 13.8 Å². The first-order valence-electron chi connectivity index (χ1n) is 7.33. The van der Waals surface area contributed by atoms with Gasteiger partial charge >= 0.3 is 0 Å². The van der Waals surface area contributed by atoms with E-state index in [2.05, 4.69) is 35.2 Å². The molecule has 0 aliphatic heterocycles. The highest BCUT2D eigenvalue weighted by Crippen LogP contribution is 2.25. The Balaban J connectivity index is 1.89. The molecule has 0 atom stereocenters. The van der Waals surface area contributed by atoms with E-state index in [9.17, 15) is 0 Å². The summed E-state index contributed by atoms with van der Waals surface area (Å²) >= 11 is 0. The van der Waals surface area contributed by atoms with E-state index >= 15 is 0 Å². The summed E-state index contributed by atoms with van der Waals surface area (Å²) in [6.07, 6.45) is 1.58. The molecule has 112 valence electrons. The molecule has 0 aliphatic carbocycles. The second kappa shape index (κ2) is 7.07. The molecule has 4 heteroatoms. The Labute approximate surface area is 126 Å². The fourth-order valence-corrected chi connectivity index (χ4v) is 2.14. The SMILES string of the molecule is Cc1ncnc(NCCOc2ccccc2C(C)C)c1C. The molecule has 0 spiro atoms. The van der Waals surface area contributed by atoms with Gasteiger partial charge < -0.3 is 10.1 Å². The van der Waals surface area contributed by atoms with Crippen molar-refractivity contribution in [1.82, 2.24) is 9.97 Å². The number of aromatic nitrogens is 2. The van der Waals surface area contributed by atoms with Crippen LogP contribution in [0.4, 0.5) is 5.82 Å². The van der Waals surface area contributed by atoms with E-state index in [4.69, 9.17) is 4.74 Å². The van der Waals surface area contributed by atoms with Crippen molar-refractivity contribution in [1.29, 1.82) is 0 Å². The van der Waals surface area contributed by atoms with Crippen molar-refractivity contribution >= 4 is 5.82 Å². The maximum absolute atomic E-state index is 5.88. The molecule has 0 bridgehead atoms. The zero-order valence-electron chi connectivity index (χ0n) is 13.2. The largest absolute Gasteiger partial charge is 0.491 e. The Morgan fingerprint density at radius 3 is 2.67 bits per heavy atom. The second-order valence-electron chi connectivity index (χ2n) is 5.40. The fourth-order valence-electron chi connectivity index (χ4n) is 2.14. The summed E-state index contributed by atoms with van der Waals surface area (Å²) in [6, 6.07) is 8.20. The molecular formula is C17H23N3O. The van der Waals surface area contributed by atoms with Crippen molar-refractivity contribution in [3.8, 4) is 5.75 Å². The van der Waals surface area contributed by atoms with Gasteiger partial charge in [0.15, 0.2) is 0 Å². The van der Waals surface area contributed by atoms with Crippen LogP contribution in [0.1, 0.15) is 36.6 Å². The van der Waals surface area contributed by atoms with E-state index in [1.54, 1.807) is 6.33 Å². The summed E-state index contributed by atoms with van der Waals surface area (Å²) < 4.78 is 5.88. The van der Waals surface area contributed by atoms with Gasteiger partial charge in [-0.25, -0.2) is 9.97 Å². The molecule has 0 saturated carbocycles. The van der Waals surface area contributed by atoms with Gasteiger partial charge in [-0.2, -0.15) is 0 Å². The molecular weight excluding hydrogens is 262 g/mol. The molecule has 0 fully saturated rings. The predicted octanol–water partition coefficient (Wildman–Crippen LogP) is 3.71. The van der Waals surface area contributed by atoms with Crippen LogP contribution < -0.4 is 10.1 Å². The summed E-state index contributed by atoms with van der Waals surface area (Å²) in [6.45, 7) is 9.67. The predicted molar refractivity (Wildman–Crippen MR) is 86.0 cm³/mol. The maximum Gasteiger partial charge on any atom is 0.132 e. The molecule has 0 aliphatic rings. The smallest absolute Gasteiger partial charge is 0.132 e. The van der Waals surface area contributed by atoms with Crippen LogP contribution in [0.3, 0.4) is 0 Å². The van der Waals surface area contributed by atoms with Crippen LogP contribution in [-0.2, 0) is 0 Å². The minimum atomic E-state index is 0.459. The molecule has 2 rings (SSSR count). The molecule has 1 heterocycles. The number of nitrogens with one attached hydrogen (secondary N) is 1. The van der Waals surface area contributed by atoms with Gasteiger partial charge in [-0.05, 0) is 31.4 Å². The van der Waals surface area contributed by atoms with Crippen molar-refractivity contribution < 1.29 is 4.74 Å². The lowest BCUT2D eigenvalue weighted by Gasteiger charge is -2.14. The van der Waals surface area contributed by atoms with Crippen molar-refractivity contribution in [3.05, 3.63) is 47.4 Å². The molecule has 2 aromatic rings. The molecule has 0 amide bonds. The maximum atomic E-state index is 5.88. The molecule has 21 heavy (non-hydrogen) atoms. The minimum absolute atomic E-state index is 0.459. The Morgan fingerprint density at radius 1 is 1.14 bits per heavy atom. The van der Waals surface area contributed by atoms with E-state index in [1.165, 1.54) is 5.56 Å². The van der Waals surface area contributed by atoms with Gasteiger partial charge in [0.1, 0.15) is 24.5 Å². The van der Waals surface area contributed by atoms with Crippen LogP contribution >= 0.6 is 0 Å². The van der Waals surface area contributed by atoms with Gasteiger partial charge in [-0.3, -0.25) is 0 Å². The minimum Gasteiger partial charge on any atom is -0.491 e. The van der Waals surface area contributed by atoms with E-state index < -0.39 is 0 Å². The average molecular weight is 285 g/mol. The summed E-state index contributed by atoms with van der Waals surface area (Å²) in [4.78, 5) is 8.42. The number of para-hydroxylation sites is 1. The Hall–Kier alpha value is -2.10. The Bertz CT molecular complexity index is 596. The van der Waals surface area contributed by atoms with Gasteiger partial charge in [0, 0.05) is 11.3 Å². The van der Waals surface area contributed by atoms with E-state index in [1.807, 2.05) is 32.0 Å². The summed E-state index contributed by atoms with van der Waals surface area (Å²) in [5.74, 6) is 2.30. The lowest BCUT2D eigenvalue weighted by Crippen LogP contribution is -2.14. The van der Waals surface area contributed by atoms with Crippen molar-refractivity contribution in [2.45, 2.75) is 33.6 Å². The molecule has 1 aromatic heterocycles. The fraction of sp³-hybridized carbons (Fsp3) is 0.412. The number of ether oxygens (including phenoxy) is 1. The zero-order valence-corrected chi connectivity index (χ0v) is 13.2. The molecule has 1 N–H and O–H groups in total. The van der Waals surface area contributed by atoms with E-state index in [0.717, 1.165) is 22.8 Å². The van der Waals surface area contributed by atoms with Crippen LogP contribution in [-0.4, -0.2) is 23.1 Å². The summed E-state index contributed by atoms with van der Waals surface area (Å²) in [7, 11) is 0. The number of aryl methyl sites for hydroxylation is 1. The highest BCUT2D eigenvalue weighted by Gasteiger charge is 2.07. The van der Waals surface area contributed by atoms with Crippen molar-refractivity contribution in [2.75, 3.05) is 18.5 Å². The zero-order chi connectivity index (χ0) is 15.2. The van der Waals surface area contributed by atoms with Gasteiger partial charge in [0.25, 0.3) is 0 Å². The number of anilines is 1. The quantitative estimate of drug-likeness (QED) is 0.822. The van der Waals surface area contributed by atoms with Gasteiger partial charge in [0.2, 0.25) is 0 Å². The number of hydrogen-bond acceptors (Lipinski definition) is 4. The summed E-state index contributed by atoms with van der Waals surface area (Å²) in [5, 5.41) is 3.30. The molecule has 0 radical (unpaired) electrons. The third-order valence-electron chi connectivity index (χ3n) is 3.53. The van der Waals surface area contributed by atoms with Crippen LogP contribution in [0.5, 0.6) is 5.75 Å². The highest BCUT2D eigenvalue weighted by molar-refractivity contribution is 5.44. The van der Waals surface area contributed by atoms with Gasteiger partial charge in [-0.15, -0.1) is 0 Å². The first kappa shape index (κ1) is 15.3. The lowest BCUT2D eigenvalue weighted by molar-refractivity contribution is 0.328. The highest BCUT2D eigenvalue weighted by atomic mass is 16.5. The molecule has 0 unspecified atom stereocenters. The number of hydrogen-bond donors (Lipinski definition) is 1. The first-order chi connectivity index (χ1) is 10.1. The van der Waals surface area contributed by atoms with Gasteiger partial charge in [-0.1, -0.05) is 32.0 Å². The first-order valence-corrected chi connectivity index (χ1v) is 7.33. The van der Waals surface area contributed by atoms with Gasteiger partial charge in [0.05, 0.1) is 6.54 Å². The molecule has 0 saturated heterocycles. The van der Waals surface area contributed by atoms with Crippen molar-refractivity contribution in [3.63, 3.8) is 0 Å². The Kier molecular flexibility index (Phi) is 5.14. The van der Waals surface area contributed by atoms with Crippen LogP contribution in [0.15, 0.2) is 30.6 Å². The third-order valence-corrected chi connectivity index (χ3v) is 3.53. The molecule has 1 aromatic carbocycles. The second-order valence-corrected chi connectivity index (χ2v) is 5.40. The standard InChI is InChI=1S/C17H23N3O/c1-12(2)15-7-5-6-8-16(15)21-10-9-18-17-13(3)14(4)19-11-20-17/h5-8,11-12H,9-10H2,1-4H3,(H,18,19,20). The molecule has 4 nitrogen and oxygen atoms in total. The normalized spacial score (nSPS) is 10.7. The third kappa shape index (κ3) is 3.94. The van der Waals surface area contributed by atoms with Crippen LogP contribution in [0.2, 0.25) is 0 Å².